The highest BCUT2D eigenvalue weighted by atomic mass is 35.5. The minimum atomic E-state index is -4.85. The fraction of sp³-hybridized carbons (Fsp3) is 0.167. The Balaban J connectivity index is 3.11. The predicted molar refractivity (Wildman–Crippen MR) is 56.2 cm³/mol. The van der Waals surface area contributed by atoms with Crippen molar-refractivity contribution in [3.63, 3.8) is 0 Å². The standard InChI is InChI=1S/C6H4Cl2O5S2/c7-3-1-2(5(8)14-3)4(9)6(10)15(11,12)13/h1,6,10H,(H,11,12,13). The molecule has 0 amide bonds. The van der Waals surface area contributed by atoms with Gasteiger partial charge in [0, 0.05) is 0 Å². The van der Waals surface area contributed by atoms with Gasteiger partial charge in [-0.2, -0.15) is 8.42 Å². The summed E-state index contributed by atoms with van der Waals surface area (Å²) >= 11 is 11.9. The van der Waals surface area contributed by atoms with Crippen LogP contribution in [0.5, 0.6) is 0 Å². The Kier molecular flexibility index (Phi) is 3.75. The first-order chi connectivity index (χ1) is 6.73. The Morgan fingerprint density at radius 2 is 2.00 bits per heavy atom. The van der Waals surface area contributed by atoms with E-state index in [9.17, 15) is 13.2 Å². The van der Waals surface area contributed by atoms with E-state index in [1.807, 2.05) is 0 Å². The van der Waals surface area contributed by atoms with Gasteiger partial charge in [-0.25, -0.2) is 0 Å². The second-order valence-electron chi connectivity index (χ2n) is 2.47. The molecule has 0 radical (unpaired) electrons. The summed E-state index contributed by atoms with van der Waals surface area (Å²) < 4.78 is 29.5. The monoisotopic (exact) mass is 290 g/mol. The van der Waals surface area contributed by atoms with Gasteiger partial charge in [-0.1, -0.05) is 23.2 Å². The molecule has 1 aromatic rings. The molecule has 9 heteroatoms. The quantitative estimate of drug-likeness (QED) is 0.649. The Morgan fingerprint density at radius 3 is 2.33 bits per heavy atom. The van der Waals surface area contributed by atoms with Crippen LogP contribution in [0.2, 0.25) is 8.67 Å². The van der Waals surface area contributed by atoms with Gasteiger partial charge < -0.3 is 5.11 Å². The second kappa shape index (κ2) is 4.36. The predicted octanol–water partition coefficient (Wildman–Crippen LogP) is 1.44. The molecule has 0 aliphatic heterocycles. The summed E-state index contributed by atoms with van der Waals surface area (Å²) in [5.41, 5.74) is -2.78. The molecule has 5 nitrogen and oxygen atoms in total. The van der Waals surface area contributed by atoms with Gasteiger partial charge in [0.2, 0.25) is 11.2 Å². The molecule has 1 unspecified atom stereocenters. The van der Waals surface area contributed by atoms with Crippen molar-refractivity contribution in [1.29, 1.82) is 0 Å². The Bertz CT molecular complexity index is 492. The Morgan fingerprint density at radius 1 is 1.47 bits per heavy atom. The van der Waals surface area contributed by atoms with Crippen molar-refractivity contribution in [2.45, 2.75) is 5.44 Å². The maximum Gasteiger partial charge on any atom is 0.299 e. The van der Waals surface area contributed by atoms with Crippen LogP contribution in [-0.4, -0.2) is 29.3 Å². The second-order valence-corrected chi connectivity index (χ2v) is 6.23. The molecule has 0 aromatic carbocycles. The van der Waals surface area contributed by atoms with Crippen LogP contribution in [0, 0.1) is 0 Å². The number of rotatable bonds is 3. The SMILES string of the molecule is O=C(c1cc(Cl)sc1Cl)C(O)S(=O)(=O)O. The number of aliphatic hydroxyl groups excluding tert-OH is 1. The molecule has 0 bridgehead atoms. The molecule has 1 heterocycles. The molecule has 0 spiro atoms. The molecular formula is C6H4Cl2O5S2. The first-order valence-electron chi connectivity index (χ1n) is 3.37. The van der Waals surface area contributed by atoms with E-state index in [-0.39, 0.29) is 14.2 Å². The van der Waals surface area contributed by atoms with Crippen LogP contribution in [0.15, 0.2) is 6.07 Å². The lowest BCUT2D eigenvalue weighted by molar-refractivity contribution is 0.0849. The Hall–Kier alpha value is -0.180. The molecule has 0 saturated heterocycles. The van der Waals surface area contributed by atoms with E-state index in [0.29, 0.717) is 0 Å². The van der Waals surface area contributed by atoms with Gasteiger partial charge in [-0.05, 0) is 6.07 Å². The molecule has 1 aromatic heterocycles. The number of aliphatic hydroxyl groups is 1. The van der Waals surface area contributed by atoms with Crippen molar-refractivity contribution < 1.29 is 22.9 Å². The summed E-state index contributed by atoms with van der Waals surface area (Å²) in [4.78, 5) is 11.3. The summed E-state index contributed by atoms with van der Waals surface area (Å²) in [6.07, 6.45) is 0. The lowest BCUT2D eigenvalue weighted by Gasteiger charge is -2.04. The number of carbonyl (C=O) groups is 1. The number of thiophene rings is 1. The van der Waals surface area contributed by atoms with Crippen molar-refractivity contribution in [3.05, 3.63) is 20.3 Å². The lowest BCUT2D eigenvalue weighted by Crippen LogP contribution is -2.29. The molecule has 84 valence electrons. The number of Topliss-reactive ketones (excluding diaryl/α,β-unsaturated/α-hetero) is 1. The van der Waals surface area contributed by atoms with Crippen LogP contribution in [0.25, 0.3) is 0 Å². The smallest absolute Gasteiger partial charge is 0.299 e. The van der Waals surface area contributed by atoms with Gasteiger partial charge in [-0.15, -0.1) is 11.3 Å². The first-order valence-corrected chi connectivity index (χ1v) is 6.44. The van der Waals surface area contributed by atoms with E-state index in [1.165, 1.54) is 0 Å². The van der Waals surface area contributed by atoms with Crippen LogP contribution in [0.1, 0.15) is 10.4 Å². The van der Waals surface area contributed by atoms with E-state index < -0.39 is 21.3 Å². The lowest BCUT2D eigenvalue weighted by atomic mass is 10.2. The fourth-order valence-corrected chi connectivity index (χ4v) is 2.65. The number of halogens is 2. The van der Waals surface area contributed by atoms with Crippen LogP contribution in [0.3, 0.4) is 0 Å². The van der Waals surface area contributed by atoms with E-state index in [4.69, 9.17) is 32.9 Å². The third-order valence-electron chi connectivity index (χ3n) is 1.43. The van der Waals surface area contributed by atoms with Crippen molar-refractivity contribution in [3.8, 4) is 0 Å². The van der Waals surface area contributed by atoms with Gasteiger partial charge in [0.25, 0.3) is 10.1 Å². The molecule has 2 N–H and O–H groups in total. The molecule has 0 saturated carbocycles. The number of carbonyl (C=O) groups excluding carboxylic acids is 1. The van der Waals surface area contributed by atoms with E-state index in [0.717, 1.165) is 17.4 Å². The van der Waals surface area contributed by atoms with E-state index in [1.54, 1.807) is 0 Å². The summed E-state index contributed by atoms with van der Waals surface area (Å²) in [6.45, 7) is 0. The van der Waals surface area contributed by atoms with Crippen LogP contribution in [0.4, 0.5) is 0 Å². The van der Waals surface area contributed by atoms with Crippen LogP contribution in [-0.2, 0) is 10.1 Å². The summed E-state index contributed by atoms with van der Waals surface area (Å²) in [7, 11) is -4.85. The highest BCUT2D eigenvalue weighted by Crippen LogP contribution is 2.32. The van der Waals surface area contributed by atoms with Crippen molar-refractivity contribution in [2.24, 2.45) is 0 Å². The maximum absolute atomic E-state index is 11.3. The zero-order valence-electron chi connectivity index (χ0n) is 6.85. The minimum Gasteiger partial charge on any atom is -0.369 e. The van der Waals surface area contributed by atoms with Crippen LogP contribution >= 0.6 is 34.5 Å². The largest absolute Gasteiger partial charge is 0.369 e. The van der Waals surface area contributed by atoms with Crippen LogP contribution < -0.4 is 0 Å². The average Bonchev–Trinajstić information content (AvgIpc) is 2.41. The number of hydrogen-bond acceptors (Lipinski definition) is 5. The minimum absolute atomic E-state index is 0.0484. The molecule has 1 atom stereocenters. The summed E-state index contributed by atoms with van der Waals surface area (Å²) in [5.74, 6) is -1.22. The molecule has 0 aliphatic rings. The van der Waals surface area contributed by atoms with Crippen molar-refractivity contribution in [2.75, 3.05) is 0 Å². The third-order valence-corrected chi connectivity index (χ3v) is 3.69. The van der Waals surface area contributed by atoms with Gasteiger partial charge >= 0.3 is 0 Å². The Labute approximate surface area is 99.0 Å². The molecule has 15 heavy (non-hydrogen) atoms. The zero-order valence-corrected chi connectivity index (χ0v) is 9.99. The highest BCUT2D eigenvalue weighted by Gasteiger charge is 2.31. The van der Waals surface area contributed by atoms with E-state index >= 15 is 0 Å². The van der Waals surface area contributed by atoms with Gasteiger partial charge in [0.15, 0.2) is 0 Å². The summed E-state index contributed by atoms with van der Waals surface area (Å²) in [6, 6.07) is 1.12. The topological polar surface area (TPSA) is 91.7 Å². The normalized spacial score (nSPS) is 13.9. The molecule has 0 fully saturated rings. The number of ketones is 1. The maximum atomic E-state index is 11.3. The van der Waals surface area contributed by atoms with E-state index in [2.05, 4.69) is 0 Å². The first kappa shape index (κ1) is 12.9. The molecule has 0 aliphatic carbocycles. The molecular weight excluding hydrogens is 287 g/mol. The summed E-state index contributed by atoms with van der Waals surface area (Å²) in [5, 5.41) is 8.96. The van der Waals surface area contributed by atoms with Gasteiger partial charge in [0.05, 0.1) is 9.90 Å². The third kappa shape index (κ3) is 2.90. The highest BCUT2D eigenvalue weighted by molar-refractivity contribution is 7.87. The van der Waals surface area contributed by atoms with Crippen molar-refractivity contribution >= 4 is 50.4 Å². The van der Waals surface area contributed by atoms with Gasteiger partial charge in [0.1, 0.15) is 4.34 Å². The fourth-order valence-electron chi connectivity index (χ4n) is 0.777. The zero-order chi connectivity index (χ0) is 11.8. The average molecular weight is 291 g/mol. The number of hydrogen-bond donors (Lipinski definition) is 2. The van der Waals surface area contributed by atoms with Gasteiger partial charge in [-0.3, -0.25) is 9.35 Å². The molecule has 1 rings (SSSR count). The van der Waals surface area contributed by atoms with Crippen molar-refractivity contribution in [1.82, 2.24) is 0 Å².